The van der Waals surface area contributed by atoms with Crippen molar-refractivity contribution in [1.29, 1.82) is 0 Å². The van der Waals surface area contributed by atoms with E-state index in [2.05, 4.69) is 41.6 Å². The van der Waals surface area contributed by atoms with Crippen molar-refractivity contribution in [3.63, 3.8) is 0 Å². The van der Waals surface area contributed by atoms with E-state index in [1.54, 1.807) is 29.9 Å². The van der Waals surface area contributed by atoms with Gasteiger partial charge < -0.3 is 10.6 Å². The Morgan fingerprint density at radius 1 is 1.19 bits per heavy atom. The number of nitrogens with one attached hydrogen (secondary N) is 2. The van der Waals surface area contributed by atoms with Crippen LogP contribution in [-0.4, -0.2) is 38.0 Å². The lowest BCUT2D eigenvalue weighted by Crippen LogP contribution is -2.27. The molecule has 0 unspecified atom stereocenters. The predicted octanol–water partition coefficient (Wildman–Crippen LogP) is 2.78. The molecule has 0 radical (unpaired) electrons. The molecule has 4 rings (SSSR count). The normalized spacial score (nSPS) is 15.1. The third-order valence-corrected chi connectivity index (χ3v) is 5.31. The molecular weight excluding hydrogens is 346 g/mol. The molecule has 3 aromatic heterocycles. The summed E-state index contributed by atoms with van der Waals surface area (Å²) >= 11 is 1.57. The van der Waals surface area contributed by atoms with Crippen molar-refractivity contribution in [1.82, 2.24) is 30.2 Å². The minimum absolute atomic E-state index is 0.515. The lowest BCUT2D eigenvalue weighted by molar-refractivity contribution is 0.452. The maximum atomic E-state index is 4.65. The largest absolute Gasteiger partial charge is 0.364 e. The average Bonchev–Trinajstić information content (AvgIpc) is 3.16. The van der Waals surface area contributed by atoms with Crippen LogP contribution in [0.3, 0.4) is 0 Å². The first-order valence-electron chi connectivity index (χ1n) is 8.79. The Kier molecular flexibility index (Phi) is 5.12. The Balaban J connectivity index is 1.45. The van der Waals surface area contributed by atoms with Crippen LogP contribution in [0.2, 0.25) is 0 Å². The molecule has 134 valence electrons. The number of nitrogens with zero attached hydrogens (tertiary/aromatic N) is 5. The molecule has 8 heteroatoms. The van der Waals surface area contributed by atoms with Gasteiger partial charge in [-0.1, -0.05) is 0 Å². The minimum Gasteiger partial charge on any atom is -0.364 e. The standard InChI is InChI=1S/C18H21N7S/c1-12-23-15(13-2-4-19-5-3-13)8-17(24-12)22-9-14-11-26-18(25-14)16-10-20-6-7-21-16/h6-8,10-11,13,19H,2-5,9H2,1H3,(H,22,23,24). The minimum atomic E-state index is 0.515. The highest BCUT2D eigenvalue weighted by molar-refractivity contribution is 7.13. The first kappa shape index (κ1) is 17.0. The van der Waals surface area contributed by atoms with E-state index in [4.69, 9.17) is 0 Å². The second-order valence-electron chi connectivity index (χ2n) is 6.34. The van der Waals surface area contributed by atoms with Crippen LogP contribution in [-0.2, 0) is 6.54 Å². The molecule has 1 aliphatic heterocycles. The van der Waals surface area contributed by atoms with Gasteiger partial charge in [-0.2, -0.15) is 0 Å². The molecule has 0 atom stereocenters. The van der Waals surface area contributed by atoms with E-state index >= 15 is 0 Å². The van der Waals surface area contributed by atoms with Gasteiger partial charge in [-0.25, -0.2) is 15.0 Å². The van der Waals surface area contributed by atoms with Gasteiger partial charge in [-0.3, -0.25) is 9.97 Å². The molecule has 0 saturated carbocycles. The topological polar surface area (TPSA) is 88.5 Å². The van der Waals surface area contributed by atoms with Crippen molar-refractivity contribution in [2.45, 2.75) is 32.2 Å². The predicted molar refractivity (Wildman–Crippen MR) is 102 cm³/mol. The number of hydrogen-bond acceptors (Lipinski definition) is 8. The van der Waals surface area contributed by atoms with Crippen LogP contribution in [0, 0.1) is 6.92 Å². The van der Waals surface area contributed by atoms with Crippen molar-refractivity contribution in [3.8, 4) is 10.7 Å². The summed E-state index contributed by atoms with van der Waals surface area (Å²) in [6.07, 6.45) is 7.33. The fraction of sp³-hybridized carbons (Fsp3) is 0.389. The molecule has 0 aromatic carbocycles. The van der Waals surface area contributed by atoms with E-state index in [9.17, 15) is 0 Å². The van der Waals surface area contributed by atoms with Crippen molar-refractivity contribution in [3.05, 3.63) is 47.2 Å². The smallest absolute Gasteiger partial charge is 0.143 e. The molecule has 1 saturated heterocycles. The highest BCUT2D eigenvalue weighted by Crippen LogP contribution is 2.25. The molecule has 1 fully saturated rings. The lowest BCUT2D eigenvalue weighted by Gasteiger charge is -2.22. The van der Waals surface area contributed by atoms with Crippen LogP contribution in [0.15, 0.2) is 30.0 Å². The Labute approximate surface area is 156 Å². The van der Waals surface area contributed by atoms with Crippen LogP contribution in [0.5, 0.6) is 0 Å². The summed E-state index contributed by atoms with van der Waals surface area (Å²) in [6, 6.07) is 2.08. The Hall–Kier alpha value is -2.45. The quantitative estimate of drug-likeness (QED) is 0.717. The lowest BCUT2D eigenvalue weighted by atomic mass is 9.94. The summed E-state index contributed by atoms with van der Waals surface area (Å²) in [7, 11) is 0. The second-order valence-corrected chi connectivity index (χ2v) is 7.20. The van der Waals surface area contributed by atoms with Crippen LogP contribution in [0.25, 0.3) is 10.7 Å². The molecule has 2 N–H and O–H groups in total. The molecular formula is C18H21N7S. The van der Waals surface area contributed by atoms with Crippen molar-refractivity contribution < 1.29 is 0 Å². The fourth-order valence-corrected chi connectivity index (χ4v) is 3.88. The monoisotopic (exact) mass is 367 g/mol. The highest BCUT2D eigenvalue weighted by atomic mass is 32.1. The van der Waals surface area contributed by atoms with Gasteiger partial charge in [0.1, 0.15) is 22.3 Å². The summed E-state index contributed by atoms with van der Waals surface area (Å²) in [6.45, 7) is 4.69. The maximum absolute atomic E-state index is 4.65. The summed E-state index contributed by atoms with van der Waals surface area (Å²) in [4.78, 5) is 22.2. The van der Waals surface area contributed by atoms with E-state index in [1.165, 1.54) is 0 Å². The van der Waals surface area contributed by atoms with Gasteiger partial charge in [0.15, 0.2) is 0 Å². The first-order chi connectivity index (χ1) is 12.8. The van der Waals surface area contributed by atoms with Gasteiger partial charge in [-0.15, -0.1) is 11.3 Å². The fourth-order valence-electron chi connectivity index (χ4n) is 3.10. The summed E-state index contributed by atoms with van der Waals surface area (Å²) in [5.74, 6) is 2.18. The average molecular weight is 367 g/mol. The van der Waals surface area contributed by atoms with Gasteiger partial charge in [-0.05, 0) is 32.9 Å². The molecule has 3 aromatic rings. The van der Waals surface area contributed by atoms with E-state index in [0.717, 1.165) is 59.7 Å². The maximum Gasteiger partial charge on any atom is 0.143 e. The number of piperidine rings is 1. The Bertz CT molecular complexity index is 859. The van der Waals surface area contributed by atoms with E-state index < -0.39 is 0 Å². The van der Waals surface area contributed by atoms with Gasteiger partial charge in [0.2, 0.25) is 0 Å². The van der Waals surface area contributed by atoms with Crippen molar-refractivity contribution >= 4 is 17.2 Å². The number of thiazole rings is 1. The summed E-state index contributed by atoms with van der Waals surface area (Å²) in [5, 5.41) is 9.71. The van der Waals surface area contributed by atoms with E-state index in [0.29, 0.717) is 12.5 Å². The van der Waals surface area contributed by atoms with Crippen LogP contribution >= 0.6 is 11.3 Å². The molecule has 7 nitrogen and oxygen atoms in total. The highest BCUT2D eigenvalue weighted by Gasteiger charge is 2.17. The van der Waals surface area contributed by atoms with Gasteiger partial charge in [0.05, 0.1) is 18.4 Å². The summed E-state index contributed by atoms with van der Waals surface area (Å²) < 4.78 is 0. The van der Waals surface area contributed by atoms with Crippen LogP contribution in [0.4, 0.5) is 5.82 Å². The molecule has 0 amide bonds. The number of rotatable bonds is 5. The third kappa shape index (κ3) is 4.03. The zero-order valence-corrected chi connectivity index (χ0v) is 15.5. The molecule has 0 aliphatic carbocycles. The Morgan fingerprint density at radius 3 is 2.88 bits per heavy atom. The molecule has 0 bridgehead atoms. The van der Waals surface area contributed by atoms with Crippen LogP contribution < -0.4 is 10.6 Å². The van der Waals surface area contributed by atoms with E-state index in [-0.39, 0.29) is 0 Å². The number of aromatic nitrogens is 5. The molecule has 0 spiro atoms. The zero-order valence-electron chi connectivity index (χ0n) is 14.6. The van der Waals surface area contributed by atoms with Gasteiger partial charge in [0.25, 0.3) is 0 Å². The SMILES string of the molecule is Cc1nc(NCc2csc(-c3cnccn3)n2)cc(C2CCNCC2)n1. The van der Waals surface area contributed by atoms with E-state index in [1.807, 2.05) is 12.3 Å². The molecule has 4 heterocycles. The zero-order chi connectivity index (χ0) is 17.8. The first-order valence-corrected chi connectivity index (χ1v) is 9.67. The number of hydrogen-bond donors (Lipinski definition) is 2. The van der Waals surface area contributed by atoms with Gasteiger partial charge in [0, 0.05) is 35.5 Å². The Morgan fingerprint density at radius 2 is 2.08 bits per heavy atom. The number of aryl methyl sites for hydroxylation is 1. The molecule has 1 aliphatic rings. The van der Waals surface area contributed by atoms with Crippen molar-refractivity contribution in [2.24, 2.45) is 0 Å². The number of anilines is 1. The second kappa shape index (κ2) is 7.84. The van der Waals surface area contributed by atoms with Crippen molar-refractivity contribution in [2.75, 3.05) is 18.4 Å². The summed E-state index contributed by atoms with van der Waals surface area (Å²) in [5.41, 5.74) is 2.91. The molecule has 26 heavy (non-hydrogen) atoms. The van der Waals surface area contributed by atoms with Crippen LogP contribution in [0.1, 0.15) is 36.0 Å². The van der Waals surface area contributed by atoms with Gasteiger partial charge >= 0.3 is 0 Å². The third-order valence-electron chi connectivity index (χ3n) is 4.40.